The van der Waals surface area contributed by atoms with E-state index in [0.717, 1.165) is 35.6 Å². The predicted molar refractivity (Wildman–Crippen MR) is 80.5 cm³/mol. The number of ether oxygens (including phenoxy) is 1. The van der Waals surface area contributed by atoms with Crippen LogP contribution in [0.3, 0.4) is 0 Å². The highest BCUT2D eigenvalue weighted by Crippen LogP contribution is 2.23. The molecule has 0 saturated carbocycles. The van der Waals surface area contributed by atoms with Gasteiger partial charge in [-0.2, -0.15) is 0 Å². The number of benzene rings is 1. The first-order valence-electron chi connectivity index (χ1n) is 6.70. The lowest BCUT2D eigenvalue weighted by atomic mass is 10.2. The van der Waals surface area contributed by atoms with Crippen LogP contribution in [-0.2, 0) is 0 Å². The normalized spacial score (nSPS) is 10.4. The van der Waals surface area contributed by atoms with Crippen molar-refractivity contribution in [3.05, 3.63) is 35.5 Å². The fraction of sp³-hybridized carbons (Fsp3) is 0.333. The fourth-order valence-corrected chi connectivity index (χ4v) is 1.82. The number of hydrazine groups is 1. The summed E-state index contributed by atoms with van der Waals surface area (Å²) in [5, 5.41) is 0. The average Bonchev–Trinajstić information content (AvgIpc) is 2.48. The maximum absolute atomic E-state index is 5.56. The van der Waals surface area contributed by atoms with E-state index < -0.39 is 0 Å². The predicted octanol–water partition coefficient (Wildman–Crippen LogP) is 2.83. The van der Waals surface area contributed by atoms with Gasteiger partial charge >= 0.3 is 0 Å². The molecule has 2 aromatic rings. The Hall–Kier alpha value is -2.14. The third-order valence-corrected chi connectivity index (χ3v) is 3.11. The van der Waals surface area contributed by atoms with Gasteiger partial charge in [-0.3, -0.25) is 0 Å². The van der Waals surface area contributed by atoms with Gasteiger partial charge in [-0.05, 0) is 44.5 Å². The Morgan fingerprint density at radius 1 is 1.15 bits per heavy atom. The Morgan fingerprint density at radius 2 is 1.85 bits per heavy atom. The summed E-state index contributed by atoms with van der Waals surface area (Å²) in [4.78, 5) is 8.92. The summed E-state index contributed by atoms with van der Waals surface area (Å²) in [6, 6.07) is 7.77. The Balaban J connectivity index is 2.29. The number of hydrogen-bond donors (Lipinski definition) is 2. The third-order valence-electron chi connectivity index (χ3n) is 3.11. The molecular formula is C15H20N4O. The summed E-state index contributed by atoms with van der Waals surface area (Å²) in [5.74, 6) is 7.65. The number of nitrogens with one attached hydrogen (secondary N) is 1. The van der Waals surface area contributed by atoms with Gasteiger partial charge in [0.05, 0.1) is 6.61 Å². The van der Waals surface area contributed by atoms with E-state index >= 15 is 0 Å². The highest BCUT2D eigenvalue weighted by atomic mass is 16.5. The summed E-state index contributed by atoms with van der Waals surface area (Å²) < 4.78 is 5.56. The van der Waals surface area contributed by atoms with Crippen LogP contribution < -0.4 is 16.0 Å². The van der Waals surface area contributed by atoms with Crippen LogP contribution >= 0.6 is 0 Å². The molecule has 5 heteroatoms. The van der Waals surface area contributed by atoms with E-state index in [1.54, 1.807) is 0 Å². The maximum atomic E-state index is 5.56. The number of anilines is 1. The lowest BCUT2D eigenvalue weighted by Crippen LogP contribution is -2.12. The van der Waals surface area contributed by atoms with Crippen molar-refractivity contribution in [2.45, 2.75) is 27.2 Å². The molecule has 5 nitrogen and oxygen atoms in total. The standard InChI is InChI=1S/C15H20N4O/c1-4-9-20-13-7-5-12(6-8-13)15-17-11(3)10(2)14(18-15)19-16/h5-8H,4,9,16H2,1-3H3,(H,17,18,19). The number of aryl methyl sites for hydroxylation is 1. The van der Waals surface area contributed by atoms with Crippen molar-refractivity contribution in [1.82, 2.24) is 9.97 Å². The smallest absolute Gasteiger partial charge is 0.161 e. The van der Waals surface area contributed by atoms with Gasteiger partial charge in [-0.1, -0.05) is 6.92 Å². The average molecular weight is 272 g/mol. The Kier molecular flexibility index (Phi) is 4.53. The topological polar surface area (TPSA) is 73.1 Å². The molecule has 1 aromatic carbocycles. The number of nitrogen functional groups attached to an aromatic ring is 1. The van der Waals surface area contributed by atoms with Gasteiger partial charge in [0.2, 0.25) is 0 Å². The van der Waals surface area contributed by atoms with Crippen molar-refractivity contribution in [1.29, 1.82) is 0 Å². The summed E-state index contributed by atoms with van der Waals surface area (Å²) in [6.07, 6.45) is 0.994. The van der Waals surface area contributed by atoms with Crippen molar-refractivity contribution in [2.75, 3.05) is 12.0 Å². The summed E-state index contributed by atoms with van der Waals surface area (Å²) in [5.41, 5.74) is 5.42. The number of nitrogens with two attached hydrogens (primary N) is 1. The highest BCUT2D eigenvalue weighted by Gasteiger charge is 2.08. The molecule has 0 aliphatic heterocycles. The Bertz CT molecular complexity index is 581. The van der Waals surface area contributed by atoms with E-state index in [4.69, 9.17) is 10.6 Å². The first kappa shape index (κ1) is 14.3. The molecule has 0 spiro atoms. The van der Waals surface area contributed by atoms with E-state index in [-0.39, 0.29) is 0 Å². The first-order valence-corrected chi connectivity index (χ1v) is 6.70. The van der Waals surface area contributed by atoms with Gasteiger partial charge in [-0.15, -0.1) is 0 Å². The maximum Gasteiger partial charge on any atom is 0.161 e. The van der Waals surface area contributed by atoms with Gasteiger partial charge in [0.25, 0.3) is 0 Å². The van der Waals surface area contributed by atoms with Crippen LogP contribution in [0.5, 0.6) is 5.75 Å². The number of hydrogen-bond acceptors (Lipinski definition) is 5. The molecule has 0 unspecified atom stereocenters. The molecule has 0 bridgehead atoms. The Morgan fingerprint density at radius 3 is 2.45 bits per heavy atom. The van der Waals surface area contributed by atoms with E-state index in [2.05, 4.69) is 22.3 Å². The van der Waals surface area contributed by atoms with Crippen LogP contribution in [0.4, 0.5) is 5.82 Å². The molecule has 1 heterocycles. The number of aromatic nitrogens is 2. The van der Waals surface area contributed by atoms with Crippen LogP contribution in [0.2, 0.25) is 0 Å². The number of nitrogens with zero attached hydrogens (tertiary/aromatic N) is 2. The molecule has 0 fully saturated rings. The van der Waals surface area contributed by atoms with Crippen molar-refractivity contribution >= 4 is 5.82 Å². The van der Waals surface area contributed by atoms with Crippen molar-refractivity contribution in [3.63, 3.8) is 0 Å². The molecule has 0 amide bonds. The van der Waals surface area contributed by atoms with Gasteiger partial charge in [0, 0.05) is 16.8 Å². The fourth-order valence-electron chi connectivity index (χ4n) is 1.82. The monoisotopic (exact) mass is 272 g/mol. The SMILES string of the molecule is CCCOc1ccc(-c2nc(C)c(C)c(NN)n2)cc1. The van der Waals surface area contributed by atoms with Crippen molar-refractivity contribution < 1.29 is 4.74 Å². The Labute approximate surface area is 119 Å². The van der Waals surface area contributed by atoms with Crippen LogP contribution in [0, 0.1) is 13.8 Å². The molecule has 0 aliphatic rings. The first-order chi connectivity index (χ1) is 9.65. The zero-order valence-electron chi connectivity index (χ0n) is 12.1. The lowest BCUT2D eigenvalue weighted by molar-refractivity contribution is 0.317. The van der Waals surface area contributed by atoms with E-state index in [1.807, 2.05) is 38.1 Å². The zero-order chi connectivity index (χ0) is 14.5. The van der Waals surface area contributed by atoms with Gasteiger partial charge in [0.1, 0.15) is 11.6 Å². The minimum absolute atomic E-state index is 0.652. The van der Waals surface area contributed by atoms with Gasteiger partial charge < -0.3 is 10.2 Å². The van der Waals surface area contributed by atoms with Crippen LogP contribution in [0.15, 0.2) is 24.3 Å². The molecule has 0 aliphatic carbocycles. The van der Waals surface area contributed by atoms with Crippen molar-refractivity contribution in [2.24, 2.45) is 5.84 Å². The minimum atomic E-state index is 0.652. The molecular weight excluding hydrogens is 252 g/mol. The lowest BCUT2D eigenvalue weighted by Gasteiger charge is -2.10. The molecule has 0 atom stereocenters. The molecule has 106 valence electrons. The van der Waals surface area contributed by atoms with Crippen LogP contribution in [0.1, 0.15) is 24.6 Å². The second kappa shape index (κ2) is 6.34. The molecule has 2 rings (SSSR count). The minimum Gasteiger partial charge on any atom is -0.494 e. The number of rotatable bonds is 5. The summed E-state index contributed by atoms with van der Waals surface area (Å²) >= 11 is 0. The van der Waals surface area contributed by atoms with Gasteiger partial charge in [-0.25, -0.2) is 15.8 Å². The molecule has 20 heavy (non-hydrogen) atoms. The molecule has 3 N–H and O–H groups in total. The van der Waals surface area contributed by atoms with E-state index in [9.17, 15) is 0 Å². The third kappa shape index (κ3) is 3.05. The zero-order valence-corrected chi connectivity index (χ0v) is 12.1. The quantitative estimate of drug-likeness (QED) is 0.646. The van der Waals surface area contributed by atoms with Crippen molar-refractivity contribution in [3.8, 4) is 17.1 Å². The van der Waals surface area contributed by atoms with Crippen LogP contribution in [0.25, 0.3) is 11.4 Å². The van der Waals surface area contributed by atoms with Crippen LogP contribution in [-0.4, -0.2) is 16.6 Å². The molecule has 1 aromatic heterocycles. The largest absolute Gasteiger partial charge is 0.494 e. The summed E-state index contributed by atoms with van der Waals surface area (Å²) in [6.45, 7) is 6.69. The van der Waals surface area contributed by atoms with E-state index in [1.165, 1.54) is 0 Å². The highest BCUT2D eigenvalue weighted by molar-refractivity contribution is 5.60. The molecule has 0 saturated heterocycles. The van der Waals surface area contributed by atoms with Gasteiger partial charge in [0.15, 0.2) is 5.82 Å². The second-order valence-electron chi connectivity index (χ2n) is 4.62. The molecule has 0 radical (unpaired) electrons. The van der Waals surface area contributed by atoms with E-state index in [0.29, 0.717) is 11.6 Å². The summed E-state index contributed by atoms with van der Waals surface area (Å²) in [7, 11) is 0. The second-order valence-corrected chi connectivity index (χ2v) is 4.62.